The Labute approximate surface area is 73.0 Å². The molecule has 2 nitrogen and oxygen atoms in total. The van der Waals surface area contributed by atoms with E-state index in [9.17, 15) is 4.79 Å². The average molecular weight is 165 g/mol. The normalized spacial score (nSPS) is 42.5. The van der Waals surface area contributed by atoms with Crippen LogP contribution in [0.5, 0.6) is 0 Å². The van der Waals surface area contributed by atoms with Crippen molar-refractivity contribution in [3.63, 3.8) is 0 Å². The molecule has 0 heterocycles. The third-order valence-electron chi connectivity index (χ3n) is 3.34. The SMILES string of the molecule is C/C=C/CNC(=O)C12CC1(C)C2. The maximum atomic E-state index is 11.5. The van der Waals surface area contributed by atoms with Gasteiger partial charge in [0.15, 0.2) is 0 Å². The molecular formula is C10H15NO. The monoisotopic (exact) mass is 165 g/mol. The van der Waals surface area contributed by atoms with Gasteiger partial charge in [0.25, 0.3) is 0 Å². The first-order valence-electron chi connectivity index (χ1n) is 4.54. The van der Waals surface area contributed by atoms with Gasteiger partial charge in [0.05, 0.1) is 5.41 Å². The van der Waals surface area contributed by atoms with Crippen molar-refractivity contribution in [2.45, 2.75) is 26.7 Å². The minimum Gasteiger partial charge on any atom is -0.352 e. The third kappa shape index (κ3) is 0.838. The fraction of sp³-hybridized carbons (Fsp3) is 0.700. The Kier molecular flexibility index (Phi) is 1.39. The largest absolute Gasteiger partial charge is 0.352 e. The van der Waals surface area contributed by atoms with Gasteiger partial charge in [0.2, 0.25) is 5.91 Å². The van der Waals surface area contributed by atoms with Crippen LogP contribution in [0.3, 0.4) is 0 Å². The van der Waals surface area contributed by atoms with Crippen LogP contribution in [0.2, 0.25) is 0 Å². The quantitative estimate of drug-likeness (QED) is 0.630. The summed E-state index contributed by atoms with van der Waals surface area (Å²) in [7, 11) is 0. The zero-order chi connectivity index (χ0) is 8.82. The number of carbonyl (C=O) groups is 1. The highest BCUT2D eigenvalue weighted by Crippen LogP contribution is 2.85. The van der Waals surface area contributed by atoms with Gasteiger partial charge in [-0.15, -0.1) is 0 Å². The second-order valence-corrected chi connectivity index (χ2v) is 4.28. The number of carbonyl (C=O) groups excluding carboxylic acids is 1. The molecule has 2 heteroatoms. The Hall–Kier alpha value is -0.790. The second kappa shape index (κ2) is 2.12. The van der Waals surface area contributed by atoms with Crippen LogP contribution in [0.1, 0.15) is 26.7 Å². The van der Waals surface area contributed by atoms with Gasteiger partial charge >= 0.3 is 0 Å². The standard InChI is InChI=1S/C10H15NO/c1-3-4-5-11-8(12)10-6-9(10,2)7-10/h3-4H,5-7H2,1-2H3,(H,11,12)/b4-3+. The van der Waals surface area contributed by atoms with E-state index in [4.69, 9.17) is 0 Å². The van der Waals surface area contributed by atoms with Crippen LogP contribution in [-0.2, 0) is 4.79 Å². The van der Waals surface area contributed by atoms with Gasteiger partial charge in [-0.05, 0) is 25.2 Å². The van der Waals surface area contributed by atoms with Crippen molar-refractivity contribution in [2.24, 2.45) is 10.8 Å². The minimum absolute atomic E-state index is 0.0780. The van der Waals surface area contributed by atoms with Crippen molar-refractivity contribution in [2.75, 3.05) is 6.54 Å². The molecule has 0 atom stereocenters. The number of allylic oxidation sites excluding steroid dienone is 1. The Balaban J connectivity index is 1.80. The minimum atomic E-state index is 0.0780. The summed E-state index contributed by atoms with van der Waals surface area (Å²) in [6.45, 7) is 4.85. The summed E-state index contributed by atoms with van der Waals surface area (Å²) in [5.41, 5.74) is 0.474. The molecule has 0 aliphatic heterocycles. The molecule has 2 aliphatic rings. The smallest absolute Gasteiger partial charge is 0.227 e. The zero-order valence-corrected chi connectivity index (χ0v) is 7.68. The van der Waals surface area contributed by atoms with Gasteiger partial charge in [-0.1, -0.05) is 19.1 Å². The second-order valence-electron chi connectivity index (χ2n) is 4.28. The van der Waals surface area contributed by atoms with E-state index in [0.717, 1.165) is 12.8 Å². The van der Waals surface area contributed by atoms with E-state index in [-0.39, 0.29) is 11.3 Å². The van der Waals surface area contributed by atoms with Crippen LogP contribution in [-0.4, -0.2) is 12.5 Å². The van der Waals surface area contributed by atoms with E-state index in [0.29, 0.717) is 12.0 Å². The van der Waals surface area contributed by atoms with E-state index in [2.05, 4.69) is 12.2 Å². The average Bonchev–Trinajstić information content (AvgIpc) is 2.74. The molecule has 2 saturated carbocycles. The highest BCUT2D eigenvalue weighted by atomic mass is 16.2. The molecule has 1 N–H and O–H groups in total. The first kappa shape index (κ1) is 7.84. The zero-order valence-electron chi connectivity index (χ0n) is 7.68. The number of fused-ring (bicyclic) bond motifs is 1. The van der Waals surface area contributed by atoms with E-state index in [1.165, 1.54) is 0 Å². The third-order valence-corrected chi connectivity index (χ3v) is 3.34. The van der Waals surface area contributed by atoms with Crippen LogP contribution in [0.4, 0.5) is 0 Å². The Morgan fingerprint density at radius 2 is 2.17 bits per heavy atom. The molecule has 2 rings (SSSR count). The maximum Gasteiger partial charge on any atom is 0.227 e. The van der Waals surface area contributed by atoms with E-state index in [1.807, 2.05) is 19.1 Å². The summed E-state index contributed by atoms with van der Waals surface area (Å²) in [5.74, 6) is 0.267. The summed E-state index contributed by atoms with van der Waals surface area (Å²) in [6, 6.07) is 0. The molecular weight excluding hydrogens is 150 g/mol. The number of hydrogen-bond acceptors (Lipinski definition) is 1. The fourth-order valence-corrected chi connectivity index (χ4v) is 2.07. The molecule has 0 aromatic carbocycles. The summed E-state index contributed by atoms with van der Waals surface area (Å²) in [6.07, 6.45) is 6.15. The van der Waals surface area contributed by atoms with Crippen molar-refractivity contribution < 1.29 is 4.79 Å². The summed E-state index contributed by atoms with van der Waals surface area (Å²) >= 11 is 0. The topological polar surface area (TPSA) is 29.1 Å². The van der Waals surface area contributed by atoms with E-state index in [1.54, 1.807) is 0 Å². The summed E-state index contributed by atoms with van der Waals surface area (Å²) < 4.78 is 0. The molecule has 2 fully saturated rings. The van der Waals surface area contributed by atoms with Crippen LogP contribution in [0.15, 0.2) is 12.2 Å². The van der Waals surface area contributed by atoms with Crippen molar-refractivity contribution >= 4 is 5.91 Å². The fourth-order valence-electron chi connectivity index (χ4n) is 2.07. The lowest BCUT2D eigenvalue weighted by Gasteiger charge is -2.02. The van der Waals surface area contributed by atoms with Crippen molar-refractivity contribution in [1.82, 2.24) is 5.32 Å². The van der Waals surface area contributed by atoms with Gasteiger partial charge in [-0.3, -0.25) is 4.79 Å². The molecule has 2 aliphatic carbocycles. The Bertz CT molecular complexity index is 249. The van der Waals surface area contributed by atoms with Crippen molar-refractivity contribution in [3.05, 3.63) is 12.2 Å². The first-order valence-corrected chi connectivity index (χ1v) is 4.54. The molecule has 12 heavy (non-hydrogen) atoms. The van der Waals surface area contributed by atoms with Gasteiger partial charge in [-0.2, -0.15) is 0 Å². The molecule has 0 saturated heterocycles. The van der Waals surface area contributed by atoms with Gasteiger partial charge in [0.1, 0.15) is 0 Å². The van der Waals surface area contributed by atoms with E-state index < -0.39 is 0 Å². The highest BCUT2D eigenvalue weighted by Gasteiger charge is 2.83. The molecule has 0 aromatic rings. The Morgan fingerprint density at radius 1 is 1.58 bits per heavy atom. The molecule has 0 aromatic heterocycles. The number of nitrogens with one attached hydrogen (secondary N) is 1. The number of rotatable bonds is 3. The van der Waals surface area contributed by atoms with Crippen molar-refractivity contribution in [3.8, 4) is 0 Å². The van der Waals surface area contributed by atoms with Gasteiger partial charge in [-0.25, -0.2) is 0 Å². The van der Waals surface area contributed by atoms with Crippen LogP contribution >= 0.6 is 0 Å². The van der Waals surface area contributed by atoms with Crippen LogP contribution < -0.4 is 5.32 Å². The maximum absolute atomic E-state index is 11.5. The number of amides is 1. The van der Waals surface area contributed by atoms with E-state index >= 15 is 0 Å². The predicted octanol–water partition coefficient (Wildman–Crippen LogP) is 1.48. The molecule has 0 radical (unpaired) electrons. The van der Waals surface area contributed by atoms with Crippen LogP contribution in [0, 0.1) is 10.8 Å². The lowest BCUT2D eigenvalue weighted by molar-refractivity contribution is -0.124. The summed E-state index contributed by atoms with van der Waals surface area (Å²) in [5, 5.41) is 2.93. The molecule has 0 bridgehead atoms. The van der Waals surface area contributed by atoms with Gasteiger partial charge < -0.3 is 5.32 Å². The number of hydrogen-bond donors (Lipinski definition) is 1. The summed E-state index contributed by atoms with van der Waals surface area (Å²) in [4.78, 5) is 11.5. The first-order chi connectivity index (χ1) is 5.65. The predicted molar refractivity (Wildman–Crippen MR) is 47.6 cm³/mol. The lowest BCUT2D eigenvalue weighted by atomic mass is 10.2. The molecule has 0 unspecified atom stereocenters. The molecule has 0 spiro atoms. The molecule has 1 amide bonds. The Morgan fingerprint density at radius 3 is 2.58 bits per heavy atom. The van der Waals surface area contributed by atoms with Gasteiger partial charge in [0, 0.05) is 6.54 Å². The highest BCUT2D eigenvalue weighted by molar-refractivity contribution is 5.91. The lowest BCUT2D eigenvalue weighted by Crippen LogP contribution is -2.27. The van der Waals surface area contributed by atoms with Crippen LogP contribution in [0.25, 0.3) is 0 Å². The van der Waals surface area contributed by atoms with Crippen molar-refractivity contribution in [1.29, 1.82) is 0 Å². The molecule has 66 valence electrons.